The molecule has 2 aromatic rings. The molecular weight excluding hydrogens is 306 g/mol. The maximum absolute atomic E-state index is 12.7. The van der Waals surface area contributed by atoms with E-state index in [0.29, 0.717) is 12.1 Å². The van der Waals surface area contributed by atoms with Gasteiger partial charge in [-0.15, -0.1) is 0 Å². The summed E-state index contributed by atoms with van der Waals surface area (Å²) < 4.78 is 0. The molecule has 0 aromatic heterocycles. The molecule has 1 aliphatic heterocycles. The summed E-state index contributed by atoms with van der Waals surface area (Å²) in [5.74, 6) is -0.646. The van der Waals surface area contributed by atoms with E-state index < -0.39 is 0 Å². The van der Waals surface area contributed by atoms with Gasteiger partial charge in [0.2, 0.25) is 0 Å². The zero-order valence-electron chi connectivity index (χ0n) is 13.2. The second kappa shape index (κ2) is 6.74. The van der Waals surface area contributed by atoms with Crippen LogP contribution in [0, 0.1) is 0 Å². The lowest BCUT2D eigenvalue weighted by atomic mass is 10.0. The maximum atomic E-state index is 12.7. The number of carbonyl (C=O) groups is 2. The number of rotatable bonds is 4. The number of phenolic OH excluding ortho intramolecular Hbond substituents is 2. The minimum absolute atomic E-state index is 0.00947. The highest BCUT2D eigenvalue weighted by Crippen LogP contribution is 2.28. The molecule has 5 heteroatoms. The zero-order chi connectivity index (χ0) is 17.1. The summed E-state index contributed by atoms with van der Waals surface area (Å²) in [7, 11) is 0. The Morgan fingerprint density at radius 2 is 1.83 bits per heavy atom. The summed E-state index contributed by atoms with van der Waals surface area (Å²) in [5.41, 5.74) is 0.788. The van der Waals surface area contributed by atoms with E-state index in [1.165, 1.54) is 12.1 Å². The molecule has 1 atom stereocenters. The first-order valence-corrected chi connectivity index (χ1v) is 7.97. The first kappa shape index (κ1) is 16.1. The van der Waals surface area contributed by atoms with Crippen LogP contribution in [0.1, 0.15) is 40.0 Å². The van der Waals surface area contributed by atoms with Gasteiger partial charge in [-0.2, -0.15) is 0 Å². The lowest BCUT2D eigenvalue weighted by molar-refractivity contribution is 0.0714. The summed E-state index contributed by atoms with van der Waals surface area (Å²) >= 11 is 0. The second-order valence-electron chi connectivity index (χ2n) is 5.99. The molecule has 2 aromatic carbocycles. The van der Waals surface area contributed by atoms with Gasteiger partial charge in [-0.05, 0) is 25.0 Å². The first-order valence-electron chi connectivity index (χ1n) is 7.97. The van der Waals surface area contributed by atoms with Crippen molar-refractivity contribution in [2.75, 3.05) is 6.54 Å². The Bertz CT molecular complexity index is 757. The SMILES string of the molecule is O=C(C[C@H]1CCCN1C(=O)c1ccc(O)cc1O)c1ccccc1. The van der Waals surface area contributed by atoms with Crippen molar-refractivity contribution in [3.63, 3.8) is 0 Å². The van der Waals surface area contributed by atoms with Crippen LogP contribution in [0.2, 0.25) is 0 Å². The van der Waals surface area contributed by atoms with Crippen LogP contribution in [0.5, 0.6) is 11.5 Å². The topological polar surface area (TPSA) is 77.8 Å². The predicted molar refractivity (Wildman–Crippen MR) is 89.2 cm³/mol. The number of Topliss-reactive ketones (excluding diaryl/α,β-unsaturated/α-hetero) is 1. The van der Waals surface area contributed by atoms with E-state index in [9.17, 15) is 19.8 Å². The first-order chi connectivity index (χ1) is 11.6. The third-order valence-corrected chi connectivity index (χ3v) is 4.37. The van der Waals surface area contributed by atoms with Gasteiger partial charge in [0, 0.05) is 30.6 Å². The fourth-order valence-electron chi connectivity index (χ4n) is 3.13. The Morgan fingerprint density at radius 3 is 2.54 bits per heavy atom. The quantitative estimate of drug-likeness (QED) is 0.847. The standard InChI is InChI=1S/C19H19NO4/c21-15-8-9-16(18(23)12-15)19(24)20-10-4-7-14(20)11-17(22)13-5-2-1-3-6-13/h1-3,5-6,8-9,12,14,21,23H,4,7,10-11H2/t14-/m1/s1. The average molecular weight is 325 g/mol. The van der Waals surface area contributed by atoms with Crippen LogP contribution in [0.25, 0.3) is 0 Å². The molecule has 0 saturated carbocycles. The van der Waals surface area contributed by atoms with Gasteiger partial charge < -0.3 is 15.1 Å². The van der Waals surface area contributed by atoms with Crippen molar-refractivity contribution >= 4 is 11.7 Å². The molecule has 1 saturated heterocycles. The van der Waals surface area contributed by atoms with Crippen molar-refractivity contribution in [3.05, 3.63) is 59.7 Å². The number of carbonyl (C=O) groups excluding carboxylic acids is 2. The normalized spacial score (nSPS) is 17.0. The van der Waals surface area contributed by atoms with E-state index in [2.05, 4.69) is 0 Å². The minimum Gasteiger partial charge on any atom is -0.508 e. The molecule has 0 spiro atoms. The molecule has 0 aliphatic carbocycles. The summed E-state index contributed by atoms with van der Waals surface area (Å²) in [6, 6.07) is 12.8. The molecule has 0 radical (unpaired) electrons. The average Bonchev–Trinajstić information content (AvgIpc) is 3.03. The molecule has 2 N–H and O–H groups in total. The van der Waals surface area contributed by atoms with Gasteiger partial charge in [-0.3, -0.25) is 9.59 Å². The third kappa shape index (κ3) is 3.25. The van der Waals surface area contributed by atoms with Gasteiger partial charge in [-0.25, -0.2) is 0 Å². The molecule has 5 nitrogen and oxygen atoms in total. The van der Waals surface area contributed by atoms with E-state index in [1.807, 2.05) is 18.2 Å². The maximum Gasteiger partial charge on any atom is 0.257 e. The Hall–Kier alpha value is -2.82. The summed E-state index contributed by atoms with van der Waals surface area (Å²) in [5, 5.41) is 19.2. The molecule has 1 heterocycles. The lowest BCUT2D eigenvalue weighted by Crippen LogP contribution is -2.36. The van der Waals surface area contributed by atoms with Gasteiger partial charge in [0.1, 0.15) is 11.5 Å². The monoisotopic (exact) mass is 325 g/mol. The van der Waals surface area contributed by atoms with Crippen LogP contribution in [0.15, 0.2) is 48.5 Å². The number of ketones is 1. The van der Waals surface area contributed by atoms with Crippen molar-refractivity contribution in [3.8, 4) is 11.5 Å². The van der Waals surface area contributed by atoms with E-state index in [-0.39, 0.29) is 41.2 Å². The van der Waals surface area contributed by atoms with Crippen LogP contribution in [0.4, 0.5) is 0 Å². The fraction of sp³-hybridized carbons (Fsp3) is 0.263. The van der Waals surface area contributed by atoms with Gasteiger partial charge in [-0.1, -0.05) is 30.3 Å². The summed E-state index contributed by atoms with van der Waals surface area (Å²) in [4.78, 5) is 26.7. The second-order valence-corrected chi connectivity index (χ2v) is 5.99. The van der Waals surface area contributed by atoms with Crippen molar-refractivity contribution in [2.24, 2.45) is 0 Å². The van der Waals surface area contributed by atoms with Crippen LogP contribution in [0.3, 0.4) is 0 Å². The van der Waals surface area contributed by atoms with Gasteiger partial charge >= 0.3 is 0 Å². The highest BCUT2D eigenvalue weighted by Gasteiger charge is 2.32. The fourth-order valence-corrected chi connectivity index (χ4v) is 3.13. The molecule has 0 bridgehead atoms. The van der Waals surface area contributed by atoms with E-state index in [4.69, 9.17) is 0 Å². The minimum atomic E-state index is -0.309. The van der Waals surface area contributed by atoms with Gasteiger partial charge in [0.25, 0.3) is 5.91 Å². The molecule has 3 rings (SSSR count). The van der Waals surface area contributed by atoms with Crippen molar-refractivity contribution in [2.45, 2.75) is 25.3 Å². The number of phenols is 2. The molecule has 124 valence electrons. The molecule has 0 unspecified atom stereocenters. The molecule has 1 aliphatic rings. The predicted octanol–water partition coefficient (Wildman–Crippen LogP) is 2.98. The number of hydrogen-bond donors (Lipinski definition) is 2. The van der Waals surface area contributed by atoms with Gasteiger partial charge in [0.05, 0.1) is 5.56 Å². The Balaban J connectivity index is 1.75. The number of amides is 1. The van der Waals surface area contributed by atoms with Crippen molar-refractivity contribution < 1.29 is 19.8 Å². The van der Waals surface area contributed by atoms with Crippen LogP contribution >= 0.6 is 0 Å². The van der Waals surface area contributed by atoms with Crippen molar-refractivity contribution in [1.82, 2.24) is 4.90 Å². The number of nitrogens with zero attached hydrogens (tertiary/aromatic N) is 1. The smallest absolute Gasteiger partial charge is 0.257 e. The van der Waals surface area contributed by atoms with Crippen molar-refractivity contribution in [1.29, 1.82) is 0 Å². The summed E-state index contributed by atoms with van der Waals surface area (Å²) in [6.45, 7) is 0.561. The van der Waals surface area contributed by atoms with Gasteiger partial charge in [0.15, 0.2) is 5.78 Å². The Kier molecular flexibility index (Phi) is 4.51. The molecule has 1 amide bonds. The van der Waals surface area contributed by atoms with E-state index in [0.717, 1.165) is 18.9 Å². The number of likely N-dealkylation sites (tertiary alicyclic amines) is 1. The largest absolute Gasteiger partial charge is 0.508 e. The molecular formula is C19H19NO4. The number of aromatic hydroxyl groups is 2. The lowest BCUT2D eigenvalue weighted by Gasteiger charge is -2.24. The molecule has 1 fully saturated rings. The van der Waals surface area contributed by atoms with Crippen LogP contribution < -0.4 is 0 Å². The van der Waals surface area contributed by atoms with Crippen LogP contribution in [-0.2, 0) is 0 Å². The Morgan fingerprint density at radius 1 is 1.08 bits per heavy atom. The van der Waals surface area contributed by atoms with Crippen LogP contribution in [-0.4, -0.2) is 39.4 Å². The third-order valence-electron chi connectivity index (χ3n) is 4.37. The summed E-state index contributed by atoms with van der Waals surface area (Å²) in [6.07, 6.45) is 1.87. The zero-order valence-corrected chi connectivity index (χ0v) is 13.2. The highest BCUT2D eigenvalue weighted by atomic mass is 16.3. The number of benzene rings is 2. The molecule has 24 heavy (non-hydrogen) atoms. The number of hydrogen-bond acceptors (Lipinski definition) is 4. The van der Waals surface area contributed by atoms with E-state index >= 15 is 0 Å². The Labute approximate surface area is 140 Å². The highest BCUT2D eigenvalue weighted by molar-refractivity contribution is 5.99. The van der Waals surface area contributed by atoms with E-state index in [1.54, 1.807) is 17.0 Å².